The maximum Gasteiger partial charge on any atom is 0.140 e. The molecule has 0 radical (unpaired) electrons. The van der Waals surface area contributed by atoms with Crippen molar-refractivity contribution in [2.75, 3.05) is 7.11 Å². The lowest BCUT2D eigenvalue weighted by atomic mass is 9.83. The fourth-order valence-electron chi connectivity index (χ4n) is 1.98. The van der Waals surface area contributed by atoms with E-state index in [-0.39, 0.29) is 5.92 Å². The summed E-state index contributed by atoms with van der Waals surface area (Å²) in [4.78, 5) is 11.5. The molecule has 0 amide bonds. The summed E-state index contributed by atoms with van der Waals surface area (Å²) in [5.74, 6) is 1.21. The zero-order chi connectivity index (χ0) is 10.1. The van der Waals surface area contributed by atoms with Gasteiger partial charge in [-0.3, -0.25) is 4.79 Å². The molecule has 0 fully saturated rings. The Bertz CT molecular complexity index is 369. The molecule has 1 aromatic carbocycles. The summed E-state index contributed by atoms with van der Waals surface area (Å²) in [6, 6.07) is 6.01. The first kappa shape index (κ1) is 9.25. The number of ketones is 1. The number of ether oxygens (including phenoxy) is 1. The molecule has 0 bridgehead atoms. The van der Waals surface area contributed by atoms with Gasteiger partial charge in [-0.2, -0.15) is 0 Å². The molecular weight excluding hydrogens is 176 g/mol. The lowest BCUT2D eigenvalue weighted by molar-refractivity contribution is -0.120. The summed E-state index contributed by atoms with van der Waals surface area (Å²) in [5, 5.41) is 0. The van der Waals surface area contributed by atoms with Gasteiger partial charge >= 0.3 is 0 Å². The standard InChI is InChI=1S/C12H14O2/c1-8-11-7-10(14-2)5-3-9(11)4-6-12(8)13/h3,5,7-8H,4,6H2,1-2H3/t8-/m0/s1. The zero-order valence-corrected chi connectivity index (χ0v) is 8.54. The number of hydrogen-bond donors (Lipinski definition) is 0. The van der Waals surface area contributed by atoms with Crippen LogP contribution in [-0.2, 0) is 11.2 Å². The number of Topliss-reactive ketones (excluding diaryl/α,β-unsaturated/α-hetero) is 1. The number of fused-ring (bicyclic) bond motifs is 1. The number of aryl methyl sites for hydroxylation is 1. The Kier molecular flexibility index (Phi) is 2.28. The summed E-state index contributed by atoms with van der Waals surface area (Å²) < 4.78 is 5.15. The third-order valence-corrected chi connectivity index (χ3v) is 2.94. The lowest BCUT2D eigenvalue weighted by Crippen LogP contribution is -2.17. The Balaban J connectivity index is 2.46. The quantitative estimate of drug-likeness (QED) is 0.679. The van der Waals surface area contributed by atoms with Gasteiger partial charge in [0.1, 0.15) is 11.5 Å². The van der Waals surface area contributed by atoms with Gasteiger partial charge in [-0.15, -0.1) is 0 Å². The van der Waals surface area contributed by atoms with Crippen LogP contribution in [-0.4, -0.2) is 12.9 Å². The molecule has 1 atom stereocenters. The molecule has 74 valence electrons. The molecule has 0 saturated heterocycles. The third kappa shape index (κ3) is 1.41. The van der Waals surface area contributed by atoms with Crippen molar-refractivity contribution >= 4 is 5.78 Å². The zero-order valence-electron chi connectivity index (χ0n) is 8.54. The second-order valence-corrected chi connectivity index (χ2v) is 3.75. The second kappa shape index (κ2) is 3.45. The van der Waals surface area contributed by atoms with Crippen molar-refractivity contribution in [2.45, 2.75) is 25.7 Å². The number of hydrogen-bond acceptors (Lipinski definition) is 2. The summed E-state index contributed by atoms with van der Waals surface area (Å²) in [5.41, 5.74) is 2.43. The van der Waals surface area contributed by atoms with Gasteiger partial charge in [0, 0.05) is 12.3 Å². The van der Waals surface area contributed by atoms with E-state index in [1.165, 1.54) is 5.56 Å². The monoisotopic (exact) mass is 190 g/mol. The molecule has 0 aromatic heterocycles. The van der Waals surface area contributed by atoms with Gasteiger partial charge in [0.05, 0.1) is 7.11 Å². The molecule has 2 nitrogen and oxygen atoms in total. The summed E-state index contributed by atoms with van der Waals surface area (Å²) in [7, 11) is 1.65. The Morgan fingerprint density at radius 2 is 2.14 bits per heavy atom. The Labute approximate surface area is 83.9 Å². The van der Waals surface area contributed by atoms with E-state index in [2.05, 4.69) is 6.07 Å². The molecule has 0 saturated carbocycles. The highest BCUT2D eigenvalue weighted by atomic mass is 16.5. The fraction of sp³-hybridized carbons (Fsp3) is 0.417. The highest BCUT2D eigenvalue weighted by Gasteiger charge is 2.23. The predicted molar refractivity (Wildman–Crippen MR) is 54.7 cm³/mol. The van der Waals surface area contributed by atoms with Crippen LogP contribution in [0.15, 0.2) is 18.2 Å². The molecule has 2 heteroatoms. The van der Waals surface area contributed by atoms with Crippen molar-refractivity contribution in [1.29, 1.82) is 0 Å². The van der Waals surface area contributed by atoms with Crippen molar-refractivity contribution < 1.29 is 9.53 Å². The van der Waals surface area contributed by atoms with E-state index in [4.69, 9.17) is 4.74 Å². The van der Waals surface area contributed by atoms with Crippen molar-refractivity contribution in [3.05, 3.63) is 29.3 Å². The maximum atomic E-state index is 11.5. The van der Waals surface area contributed by atoms with Gasteiger partial charge < -0.3 is 4.74 Å². The molecule has 0 spiro atoms. The first-order valence-electron chi connectivity index (χ1n) is 4.92. The van der Waals surface area contributed by atoms with E-state index in [1.807, 2.05) is 19.1 Å². The van der Waals surface area contributed by atoms with Crippen LogP contribution in [0, 0.1) is 0 Å². The Morgan fingerprint density at radius 3 is 2.86 bits per heavy atom. The molecule has 0 N–H and O–H groups in total. The van der Waals surface area contributed by atoms with E-state index in [1.54, 1.807) is 7.11 Å². The highest BCUT2D eigenvalue weighted by molar-refractivity contribution is 5.87. The molecule has 1 aromatic rings. The molecule has 0 heterocycles. The van der Waals surface area contributed by atoms with Crippen LogP contribution in [0.2, 0.25) is 0 Å². The van der Waals surface area contributed by atoms with Gasteiger partial charge in [0.25, 0.3) is 0 Å². The first-order chi connectivity index (χ1) is 6.72. The molecule has 0 unspecified atom stereocenters. The average molecular weight is 190 g/mol. The van der Waals surface area contributed by atoms with Gasteiger partial charge in [0.2, 0.25) is 0 Å². The number of rotatable bonds is 1. The minimum Gasteiger partial charge on any atom is -0.497 e. The largest absolute Gasteiger partial charge is 0.497 e. The van der Waals surface area contributed by atoms with Crippen LogP contribution in [0.25, 0.3) is 0 Å². The molecule has 14 heavy (non-hydrogen) atoms. The van der Waals surface area contributed by atoms with Crippen molar-refractivity contribution in [3.8, 4) is 5.75 Å². The van der Waals surface area contributed by atoms with E-state index < -0.39 is 0 Å². The molecule has 0 aliphatic heterocycles. The fourth-order valence-corrected chi connectivity index (χ4v) is 1.98. The summed E-state index contributed by atoms with van der Waals surface area (Å²) in [6.45, 7) is 1.97. The number of carbonyl (C=O) groups excluding carboxylic acids is 1. The van der Waals surface area contributed by atoms with E-state index in [0.717, 1.165) is 17.7 Å². The SMILES string of the molecule is COc1ccc2c(c1)[C@H](C)C(=O)CC2. The molecule has 1 aliphatic rings. The van der Waals surface area contributed by atoms with Crippen molar-refractivity contribution in [3.63, 3.8) is 0 Å². The summed E-state index contributed by atoms with van der Waals surface area (Å²) >= 11 is 0. The Hall–Kier alpha value is -1.31. The van der Waals surface area contributed by atoms with E-state index >= 15 is 0 Å². The smallest absolute Gasteiger partial charge is 0.140 e. The first-order valence-corrected chi connectivity index (χ1v) is 4.92. The van der Waals surface area contributed by atoms with Gasteiger partial charge in [-0.1, -0.05) is 13.0 Å². The highest BCUT2D eigenvalue weighted by Crippen LogP contribution is 2.31. The second-order valence-electron chi connectivity index (χ2n) is 3.75. The minimum atomic E-state index is 0.0360. The van der Waals surface area contributed by atoms with Crippen molar-refractivity contribution in [2.24, 2.45) is 0 Å². The van der Waals surface area contributed by atoms with Crippen LogP contribution in [0.3, 0.4) is 0 Å². The molecular formula is C12H14O2. The number of carbonyl (C=O) groups is 1. The number of benzene rings is 1. The minimum absolute atomic E-state index is 0.0360. The van der Waals surface area contributed by atoms with Crippen LogP contribution >= 0.6 is 0 Å². The predicted octanol–water partition coefficient (Wildman–Crippen LogP) is 2.31. The lowest BCUT2D eigenvalue weighted by Gasteiger charge is -2.21. The maximum absolute atomic E-state index is 11.5. The van der Waals surface area contributed by atoms with E-state index in [0.29, 0.717) is 12.2 Å². The van der Waals surface area contributed by atoms with Crippen LogP contribution in [0.1, 0.15) is 30.4 Å². The number of methoxy groups -OCH3 is 1. The normalized spacial score (nSPS) is 20.4. The van der Waals surface area contributed by atoms with Crippen molar-refractivity contribution in [1.82, 2.24) is 0 Å². The third-order valence-electron chi connectivity index (χ3n) is 2.94. The van der Waals surface area contributed by atoms with Crippen LogP contribution in [0.5, 0.6) is 5.75 Å². The molecule has 2 rings (SSSR count). The topological polar surface area (TPSA) is 26.3 Å². The van der Waals surface area contributed by atoms with Gasteiger partial charge in [0.15, 0.2) is 0 Å². The molecule has 1 aliphatic carbocycles. The Morgan fingerprint density at radius 1 is 1.36 bits per heavy atom. The van der Waals surface area contributed by atoms with Gasteiger partial charge in [-0.05, 0) is 29.7 Å². The van der Waals surface area contributed by atoms with Crippen LogP contribution < -0.4 is 4.74 Å². The average Bonchev–Trinajstić information content (AvgIpc) is 2.23. The van der Waals surface area contributed by atoms with E-state index in [9.17, 15) is 4.79 Å². The summed E-state index contributed by atoms with van der Waals surface area (Å²) in [6.07, 6.45) is 1.56. The van der Waals surface area contributed by atoms with Crippen LogP contribution in [0.4, 0.5) is 0 Å². The van der Waals surface area contributed by atoms with Gasteiger partial charge in [-0.25, -0.2) is 0 Å².